The predicted octanol–water partition coefficient (Wildman–Crippen LogP) is 4.29. The van der Waals surface area contributed by atoms with Gasteiger partial charge in [-0.15, -0.1) is 0 Å². The molecule has 0 aliphatic rings. The van der Waals surface area contributed by atoms with Crippen molar-refractivity contribution in [2.75, 3.05) is 0 Å². The van der Waals surface area contributed by atoms with Crippen molar-refractivity contribution in [3.8, 4) is 0 Å². The smallest absolute Gasteiger partial charge is 0.194 e. The van der Waals surface area contributed by atoms with Gasteiger partial charge in [0.1, 0.15) is 0 Å². The van der Waals surface area contributed by atoms with Crippen molar-refractivity contribution in [3.63, 3.8) is 0 Å². The number of ketones is 1. The number of rotatable bonds is 3. The van der Waals surface area contributed by atoms with Crippen LogP contribution in [0.25, 0.3) is 0 Å². The molecule has 16 heavy (non-hydrogen) atoms. The van der Waals surface area contributed by atoms with Crippen LogP contribution < -0.4 is 0 Å². The molecule has 1 aromatic carbocycles. The molecule has 0 N–H and O–H groups in total. The fourth-order valence-corrected chi connectivity index (χ4v) is 2.25. The van der Waals surface area contributed by atoms with Crippen molar-refractivity contribution in [1.82, 2.24) is 0 Å². The molecule has 0 saturated heterocycles. The molecule has 1 aromatic heterocycles. The highest BCUT2D eigenvalue weighted by Gasteiger charge is 2.08. The lowest BCUT2D eigenvalue weighted by atomic mass is 10.3. The SMILES string of the molecule is CC(=O)c1ccc(Sc2ccccc2Cl)o1. The first-order chi connectivity index (χ1) is 7.66. The summed E-state index contributed by atoms with van der Waals surface area (Å²) < 4.78 is 5.36. The lowest BCUT2D eigenvalue weighted by Gasteiger charge is -1.99. The van der Waals surface area contributed by atoms with Gasteiger partial charge in [-0.25, -0.2) is 0 Å². The summed E-state index contributed by atoms with van der Waals surface area (Å²) in [6, 6.07) is 10.9. The second-order valence-electron chi connectivity index (χ2n) is 3.21. The molecule has 0 amide bonds. The van der Waals surface area contributed by atoms with E-state index in [2.05, 4.69) is 0 Å². The van der Waals surface area contributed by atoms with Gasteiger partial charge in [-0.2, -0.15) is 0 Å². The van der Waals surface area contributed by atoms with Crippen LogP contribution in [0.5, 0.6) is 0 Å². The molecular weight excluding hydrogens is 244 g/mol. The summed E-state index contributed by atoms with van der Waals surface area (Å²) in [6.07, 6.45) is 0. The molecule has 0 aliphatic carbocycles. The van der Waals surface area contributed by atoms with Crippen LogP contribution in [0.4, 0.5) is 0 Å². The van der Waals surface area contributed by atoms with Crippen LogP contribution >= 0.6 is 23.4 Å². The predicted molar refractivity (Wildman–Crippen MR) is 64.3 cm³/mol. The minimum Gasteiger partial charge on any atom is -0.446 e. The minimum absolute atomic E-state index is 0.0778. The van der Waals surface area contributed by atoms with Crippen LogP contribution in [0.2, 0.25) is 5.02 Å². The number of hydrogen-bond donors (Lipinski definition) is 0. The van der Waals surface area contributed by atoms with Crippen LogP contribution in [0.3, 0.4) is 0 Å². The lowest BCUT2D eigenvalue weighted by molar-refractivity contribution is 0.0982. The van der Waals surface area contributed by atoms with Gasteiger partial charge < -0.3 is 4.42 Å². The van der Waals surface area contributed by atoms with Crippen LogP contribution in [-0.2, 0) is 0 Å². The van der Waals surface area contributed by atoms with Gasteiger partial charge in [-0.05, 0) is 24.3 Å². The standard InChI is InChI=1S/C12H9ClO2S/c1-8(14)10-6-7-12(15-10)16-11-5-3-2-4-9(11)13/h2-7H,1H3. The summed E-state index contributed by atoms with van der Waals surface area (Å²) in [7, 11) is 0. The number of furan rings is 1. The maximum atomic E-state index is 11.0. The van der Waals surface area contributed by atoms with Crippen molar-refractivity contribution >= 4 is 29.1 Å². The average molecular weight is 253 g/mol. The minimum atomic E-state index is -0.0778. The van der Waals surface area contributed by atoms with E-state index in [4.69, 9.17) is 16.0 Å². The molecule has 0 atom stereocenters. The van der Waals surface area contributed by atoms with Crippen molar-refractivity contribution in [1.29, 1.82) is 0 Å². The van der Waals surface area contributed by atoms with Crippen LogP contribution in [-0.4, -0.2) is 5.78 Å². The molecule has 2 aromatic rings. The zero-order valence-electron chi connectivity index (χ0n) is 8.57. The van der Waals surface area contributed by atoms with Crippen LogP contribution in [0, 0.1) is 0 Å². The van der Waals surface area contributed by atoms with E-state index in [0.29, 0.717) is 15.9 Å². The van der Waals surface area contributed by atoms with E-state index in [1.54, 1.807) is 12.1 Å². The summed E-state index contributed by atoms with van der Waals surface area (Å²) in [5.41, 5.74) is 0. The Hall–Kier alpha value is -1.19. The van der Waals surface area contributed by atoms with E-state index < -0.39 is 0 Å². The molecule has 0 fully saturated rings. The van der Waals surface area contributed by atoms with Crippen molar-refractivity contribution in [3.05, 3.63) is 47.2 Å². The monoisotopic (exact) mass is 252 g/mol. The number of carbonyl (C=O) groups is 1. The molecule has 0 unspecified atom stereocenters. The molecule has 2 nitrogen and oxygen atoms in total. The zero-order chi connectivity index (χ0) is 11.5. The molecule has 0 saturated carbocycles. The molecule has 2 rings (SSSR count). The van der Waals surface area contributed by atoms with Crippen molar-refractivity contribution in [2.45, 2.75) is 16.9 Å². The lowest BCUT2D eigenvalue weighted by Crippen LogP contribution is -1.85. The Kier molecular flexibility index (Phi) is 3.36. The normalized spacial score (nSPS) is 10.4. The highest BCUT2D eigenvalue weighted by molar-refractivity contribution is 7.99. The average Bonchev–Trinajstić information content (AvgIpc) is 2.70. The van der Waals surface area contributed by atoms with Gasteiger partial charge >= 0.3 is 0 Å². The van der Waals surface area contributed by atoms with Gasteiger partial charge in [-0.1, -0.05) is 35.5 Å². The maximum Gasteiger partial charge on any atom is 0.194 e. The van der Waals surface area contributed by atoms with Gasteiger partial charge in [0, 0.05) is 11.8 Å². The first-order valence-electron chi connectivity index (χ1n) is 4.70. The van der Waals surface area contributed by atoms with Gasteiger partial charge in [0.2, 0.25) is 0 Å². The van der Waals surface area contributed by atoms with Crippen molar-refractivity contribution in [2.24, 2.45) is 0 Å². The Morgan fingerprint density at radius 1 is 1.25 bits per heavy atom. The molecule has 0 radical (unpaired) electrons. The van der Waals surface area contributed by atoms with E-state index in [0.717, 1.165) is 4.90 Å². The Labute approximate surface area is 103 Å². The van der Waals surface area contributed by atoms with E-state index in [-0.39, 0.29) is 5.78 Å². The highest BCUT2D eigenvalue weighted by atomic mass is 35.5. The molecule has 4 heteroatoms. The zero-order valence-corrected chi connectivity index (χ0v) is 10.1. The molecular formula is C12H9ClO2S. The second kappa shape index (κ2) is 4.76. The third-order valence-corrected chi connectivity index (χ3v) is 3.41. The molecule has 1 heterocycles. The van der Waals surface area contributed by atoms with E-state index >= 15 is 0 Å². The molecule has 82 valence electrons. The summed E-state index contributed by atoms with van der Waals surface area (Å²) >= 11 is 7.42. The number of halogens is 1. The topological polar surface area (TPSA) is 30.2 Å². The fraction of sp³-hybridized carbons (Fsp3) is 0.0833. The van der Waals surface area contributed by atoms with Crippen LogP contribution in [0.15, 0.2) is 50.8 Å². The second-order valence-corrected chi connectivity index (χ2v) is 4.66. The largest absolute Gasteiger partial charge is 0.446 e. The van der Waals surface area contributed by atoms with Crippen LogP contribution in [0.1, 0.15) is 17.5 Å². The summed E-state index contributed by atoms with van der Waals surface area (Å²) in [6.45, 7) is 1.47. The highest BCUT2D eigenvalue weighted by Crippen LogP contribution is 2.33. The number of hydrogen-bond acceptors (Lipinski definition) is 3. The van der Waals surface area contributed by atoms with Gasteiger partial charge in [0.15, 0.2) is 16.6 Å². The Bertz CT molecular complexity index is 519. The summed E-state index contributed by atoms with van der Waals surface area (Å²) in [5, 5.41) is 1.34. The molecule has 0 aliphatic heterocycles. The van der Waals surface area contributed by atoms with Gasteiger partial charge in [0.05, 0.1) is 5.02 Å². The van der Waals surface area contributed by atoms with Gasteiger partial charge in [0.25, 0.3) is 0 Å². The third kappa shape index (κ3) is 2.49. The number of benzene rings is 1. The van der Waals surface area contributed by atoms with Crippen molar-refractivity contribution < 1.29 is 9.21 Å². The summed E-state index contributed by atoms with van der Waals surface area (Å²) in [5.74, 6) is 0.292. The summed E-state index contributed by atoms with van der Waals surface area (Å²) in [4.78, 5) is 12.0. The van der Waals surface area contributed by atoms with Gasteiger partial charge in [-0.3, -0.25) is 4.79 Å². The van der Waals surface area contributed by atoms with E-state index in [9.17, 15) is 4.79 Å². The fourth-order valence-electron chi connectivity index (χ4n) is 1.20. The quantitative estimate of drug-likeness (QED) is 0.764. The third-order valence-electron chi connectivity index (χ3n) is 1.98. The molecule has 0 bridgehead atoms. The molecule has 0 spiro atoms. The first kappa shape index (κ1) is 11.3. The first-order valence-corrected chi connectivity index (χ1v) is 5.89. The Balaban J connectivity index is 2.21. The van der Waals surface area contributed by atoms with E-state index in [1.807, 2.05) is 24.3 Å². The maximum absolute atomic E-state index is 11.0. The Morgan fingerprint density at radius 2 is 2.00 bits per heavy atom. The number of Topliss-reactive ketones (excluding diaryl/α,β-unsaturated/α-hetero) is 1. The number of carbonyl (C=O) groups excluding carboxylic acids is 1. The Morgan fingerprint density at radius 3 is 2.62 bits per heavy atom. The van der Waals surface area contributed by atoms with E-state index in [1.165, 1.54) is 18.7 Å².